The van der Waals surface area contributed by atoms with Crippen molar-refractivity contribution in [1.82, 2.24) is 0 Å². The van der Waals surface area contributed by atoms with Gasteiger partial charge in [-0.3, -0.25) is 4.79 Å². The van der Waals surface area contributed by atoms with Crippen LogP contribution >= 0.6 is 11.6 Å². The van der Waals surface area contributed by atoms with Gasteiger partial charge in [0.1, 0.15) is 11.3 Å². The lowest BCUT2D eigenvalue weighted by molar-refractivity contribution is 0.0693. The Morgan fingerprint density at radius 3 is 2.43 bits per heavy atom. The summed E-state index contributed by atoms with van der Waals surface area (Å²) in [5.41, 5.74) is 0.683. The molecule has 5 nitrogen and oxygen atoms in total. The number of nitrogens with one attached hydrogen (secondary N) is 1. The van der Waals surface area contributed by atoms with Gasteiger partial charge in [-0.15, -0.1) is 0 Å². The van der Waals surface area contributed by atoms with Gasteiger partial charge in [0.2, 0.25) is 0 Å². The number of ether oxygens (including phenoxy) is 1. The molecule has 2 rings (SSSR count). The number of halogens is 1. The van der Waals surface area contributed by atoms with E-state index in [-0.39, 0.29) is 27.9 Å². The number of hydrogen-bond acceptors (Lipinski definition) is 3. The molecule has 0 bridgehead atoms. The van der Waals surface area contributed by atoms with Crippen LogP contribution < -0.4 is 10.1 Å². The Morgan fingerprint density at radius 1 is 1.19 bits per heavy atom. The lowest BCUT2D eigenvalue weighted by Crippen LogP contribution is -2.12. The number of anilines is 1. The number of methoxy groups -OCH3 is 1. The highest BCUT2D eigenvalue weighted by Crippen LogP contribution is 2.31. The van der Waals surface area contributed by atoms with E-state index in [1.54, 1.807) is 30.3 Å². The van der Waals surface area contributed by atoms with Crippen LogP contribution in [0.1, 0.15) is 20.7 Å². The molecule has 0 heterocycles. The van der Waals surface area contributed by atoms with E-state index in [0.717, 1.165) is 0 Å². The molecule has 0 aliphatic carbocycles. The Hall–Kier alpha value is -2.53. The topological polar surface area (TPSA) is 75.6 Å². The minimum absolute atomic E-state index is 0.0692. The molecule has 108 valence electrons. The van der Waals surface area contributed by atoms with Crippen molar-refractivity contribution < 1.29 is 19.4 Å². The molecule has 0 aromatic heterocycles. The lowest BCUT2D eigenvalue weighted by atomic mass is 10.1. The van der Waals surface area contributed by atoms with Gasteiger partial charge < -0.3 is 15.2 Å². The average molecular weight is 306 g/mol. The molecular formula is C15H12ClNO4. The Morgan fingerprint density at radius 2 is 1.86 bits per heavy atom. The smallest absolute Gasteiger partial charge is 0.339 e. The van der Waals surface area contributed by atoms with E-state index in [9.17, 15) is 9.59 Å². The van der Waals surface area contributed by atoms with Crippen LogP contribution in [0.15, 0.2) is 42.5 Å². The number of carbonyl (C=O) groups excluding carboxylic acids is 1. The second kappa shape index (κ2) is 6.28. The molecule has 2 N–H and O–H groups in total. The maximum atomic E-state index is 12.1. The molecule has 0 radical (unpaired) electrons. The summed E-state index contributed by atoms with van der Waals surface area (Å²) in [5.74, 6) is -1.38. The summed E-state index contributed by atoms with van der Waals surface area (Å²) in [6.45, 7) is 0. The fourth-order valence-electron chi connectivity index (χ4n) is 1.77. The van der Waals surface area contributed by atoms with Crippen molar-refractivity contribution in [2.75, 3.05) is 12.4 Å². The van der Waals surface area contributed by atoms with Crippen molar-refractivity contribution in [1.29, 1.82) is 0 Å². The van der Waals surface area contributed by atoms with Gasteiger partial charge in [-0.1, -0.05) is 29.8 Å². The van der Waals surface area contributed by atoms with Crippen LogP contribution in [0.25, 0.3) is 0 Å². The molecule has 0 aliphatic rings. The Kier molecular flexibility index (Phi) is 4.45. The second-order valence-electron chi connectivity index (χ2n) is 4.16. The number of aromatic carboxylic acids is 1. The molecule has 2 aromatic carbocycles. The fourth-order valence-corrected chi connectivity index (χ4v) is 1.98. The first-order valence-corrected chi connectivity index (χ1v) is 6.38. The first-order valence-electron chi connectivity index (χ1n) is 6.00. The van der Waals surface area contributed by atoms with Crippen LogP contribution in [0, 0.1) is 0 Å². The minimum atomic E-state index is -1.16. The highest BCUT2D eigenvalue weighted by Gasteiger charge is 2.16. The number of benzene rings is 2. The molecule has 0 fully saturated rings. The van der Waals surface area contributed by atoms with Crippen LogP contribution in [0.3, 0.4) is 0 Å². The number of carboxylic acid groups (broad SMARTS) is 1. The van der Waals surface area contributed by atoms with E-state index in [0.29, 0.717) is 5.56 Å². The normalized spacial score (nSPS) is 10.0. The first kappa shape index (κ1) is 14.9. The van der Waals surface area contributed by atoms with E-state index in [2.05, 4.69) is 5.32 Å². The third kappa shape index (κ3) is 3.32. The molecular weight excluding hydrogens is 294 g/mol. The van der Waals surface area contributed by atoms with Gasteiger partial charge in [0.25, 0.3) is 5.91 Å². The Balaban J connectivity index is 2.33. The molecule has 6 heteroatoms. The monoisotopic (exact) mass is 305 g/mol. The van der Waals surface area contributed by atoms with Crippen LogP contribution in [0.2, 0.25) is 5.02 Å². The zero-order chi connectivity index (χ0) is 15.4. The van der Waals surface area contributed by atoms with Gasteiger partial charge in [-0.25, -0.2) is 4.79 Å². The van der Waals surface area contributed by atoms with Crippen molar-refractivity contribution in [2.24, 2.45) is 0 Å². The van der Waals surface area contributed by atoms with Gasteiger partial charge in [0, 0.05) is 11.6 Å². The Labute approximate surface area is 126 Å². The van der Waals surface area contributed by atoms with Crippen molar-refractivity contribution in [3.63, 3.8) is 0 Å². The lowest BCUT2D eigenvalue weighted by Gasteiger charge is -2.11. The van der Waals surface area contributed by atoms with Gasteiger partial charge in [0.05, 0.1) is 17.8 Å². The molecule has 0 aliphatic heterocycles. The quantitative estimate of drug-likeness (QED) is 0.908. The largest absolute Gasteiger partial charge is 0.496 e. The SMILES string of the molecule is COc1cc(NC(=O)c2ccccc2)c(Cl)cc1C(=O)O. The maximum absolute atomic E-state index is 12.1. The van der Waals surface area contributed by atoms with E-state index in [4.69, 9.17) is 21.4 Å². The molecule has 0 unspecified atom stereocenters. The summed E-state index contributed by atoms with van der Waals surface area (Å²) in [6, 6.07) is 11.2. The minimum Gasteiger partial charge on any atom is -0.496 e. The molecule has 21 heavy (non-hydrogen) atoms. The summed E-state index contributed by atoms with van der Waals surface area (Å²) < 4.78 is 5.00. The number of hydrogen-bond donors (Lipinski definition) is 2. The third-order valence-electron chi connectivity index (χ3n) is 2.80. The highest BCUT2D eigenvalue weighted by atomic mass is 35.5. The van der Waals surface area contributed by atoms with E-state index in [1.807, 2.05) is 0 Å². The second-order valence-corrected chi connectivity index (χ2v) is 4.56. The van der Waals surface area contributed by atoms with Gasteiger partial charge in [-0.2, -0.15) is 0 Å². The van der Waals surface area contributed by atoms with Gasteiger partial charge in [-0.05, 0) is 18.2 Å². The van der Waals surface area contributed by atoms with Crippen molar-refractivity contribution in [2.45, 2.75) is 0 Å². The van der Waals surface area contributed by atoms with Crippen LogP contribution in [0.4, 0.5) is 5.69 Å². The number of carbonyl (C=O) groups is 2. The van der Waals surface area contributed by atoms with Crippen LogP contribution in [0.5, 0.6) is 5.75 Å². The third-order valence-corrected chi connectivity index (χ3v) is 3.12. The molecule has 0 saturated carbocycles. The number of carboxylic acids is 1. The fraction of sp³-hybridized carbons (Fsp3) is 0.0667. The molecule has 2 aromatic rings. The molecule has 1 amide bonds. The van der Waals surface area contributed by atoms with Crippen LogP contribution in [-0.4, -0.2) is 24.1 Å². The summed E-state index contributed by atoms with van der Waals surface area (Å²) in [6.07, 6.45) is 0. The standard InChI is InChI=1S/C15H12ClNO4/c1-21-13-8-12(11(16)7-10(13)15(19)20)17-14(18)9-5-3-2-4-6-9/h2-8H,1H3,(H,17,18)(H,19,20). The number of amides is 1. The van der Waals surface area contributed by atoms with Crippen molar-refractivity contribution in [3.05, 3.63) is 58.6 Å². The summed E-state index contributed by atoms with van der Waals surface area (Å²) in [4.78, 5) is 23.1. The number of rotatable bonds is 4. The van der Waals surface area contributed by atoms with E-state index >= 15 is 0 Å². The van der Waals surface area contributed by atoms with Crippen LogP contribution in [-0.2, 0) is 0 Å². The predicted octanol–water partition coefficient (Wildman–Crippen LogP) is 3.30. The molecule has 0 saturated heterocycles. The van der Waals surface area contributed by atoms with Crippen molar-refractivity contribution >= 4 is 29.2 Å². The zero-order valence-electron chi connectivity index (χ0n) is 11.1. The first-order chi connectivity index (χ1) is 10.0. The molecule has 0 atom stereocenters. The summed E-state index contributed by atoms with van der Waals surface area (Å²) >= 11 is 6.00. The Bertz CT molecular complexity index is 686. The van der Waals surface area contributed by atoms with Gasteiger partial charge in [0.15, 0.2) is 0 Å². The summed E-state index contributed by atoms with van der Waals surface area (Å²) in [5, 5.41) is 11.8. The molecule has 0 spiro atoms. The summed E-state index contributed by atoms with van der Waals surface area (Å²) in [7, 11) is 1.35. The maximum Gasteiger partial charge on any atom is 0.339 e. The van der Waals surface area contributed by atoms with Gasteiger partial charge >= 0.3 is 5.97 Å². The van der Waals surface area contributed by atoms with E-state index in [1.165, 1.54) is 19.2 Å². The highest BCUT2D eigenvalue weighted by molar-refractivity contribution is 6.34. The zero-order valence-corrected chi connectivity index (χ0v) is 11.8. The van der Waals surface area contributed by atoms with E-state index < -0.39 is 5.97 Å². The average Bonchev–Trinajstić information content (AvgIpc) is 2.49. The van der Waals surface area contributed by atoms with Crippen molar-refractivity contribution in [3.8, 4) is 5.75 Å². The predicted molar refractivity (Wildman–Crippen MR) is 79.4 cm³/mol.